The summed E-state index contributed by atoms with van der Waals surface area (Å²) in [5, 5.41) is 56.3. The van der Waals surface area contributed by atoms with E-state index in [4.69, 9.17) is 40.5 Å². The number of carbonyl (C=O) groups is 1. The van der Waals surface area contributed by atoms with Crippen LogP contribution in [0, 0.1) is 0 Å². The van der Waals surface area contributed by atoms with Gasteiger partial charge in [-0.25, -0.2) is 4.79 Å². The van der Waals surface area contributed by atoms with Crippen molar-refractivity contribution in [2.24, 2.45) is 0 Å². The van der Waals surface area contributed by atoms with E-state index in [-0.39, 0.29) is 38.1 Å². The van der Waals surface area contributed by atoms with Crippen LogP contribution in [0.4, 0.5) is 0 Å². The molecule has 0 fully saturated rings. The molecule has 148 valence electrons. The fourth-order valence-corrected chi connectivity index (χ4v) is 0.356. The number of rotatable bonds is 7. The summed E-state index contributed by atoms with van der Waals surface area (Å²) in [6, 6.07) is 0. The number of aliphatic hydroxyl groups excluding tert-OH is 6. The van der Waals surface area contributed by atoms with Gasteiger partial charge in [0.05, 0.1) is 51.3 Å². The van der Waals surface area contributed by atoms with Crippen molar-refractivity contribution in [2.45, 2.75) is 46.0 Å². The van der Waals surface area contributed by atoms with Crippen molar-refractivity contribution in [3.8, 4) is 0 Å². The first kappa shape index (κ1) is 30.8. The van der Waals surface area contributed by atoms with Crippen molar-refractivity contribution in [2.75, 3.05) is 33.0 Å². The maximum Gasteiger partial charge on any atom is 0.330 e. The maximum atomic E-state index is 9.60. The van der Waals surface area contributed by atoms with Crippen LogP contribution in [0.3, 0.4) is 0 Å². The summed E-state index contributed by atoms with van der Waals surface area (Å²) in [5.74, 6) is -0.935. The van der Waals surface area contributed by atoms with Crippen molar-refractivity contribution in [3.63, 3.8) is 0 Å². The van der Waals surface area contributed by atoms with Gasteiger partial charge in [0.25, 0.3) is 0 Å². The van der Waals surface area contributed by atoms with Crippen LogP contribution in [-0.2, 0) is 9.53 Å². The van der Waals surface area contributed by atoms with Crippen LogP contribution in [0.25, 0.3) is 0 Å². The SMILES string of the molecule is C=C(C)C(=O)O.CC(O)CO.CC(O)COC(C)CO.OCCO. The van der Waals surface area contributed by atoms with E-state index >= 15 is 0 Å². The van der Waals surface area contributed by atoms with Crippen LogP contribution in [0.15, 0.2) is 12.2 Å². The molecule has 3 unspecified atom stereocenters. The van der Waals surface area contributed by atoms with Gasteiger partial charge in [0, 0.05) is 5.57 Å². The monoisotopic (exact) mass is 358 g/mol. The Morgan fingerprint density at radius 1 is 0.958 bits per heavy atom. The summed E-state index contributed by atoms with van der Waals surface area (Å²) in [5.41, 5.74) is 0.176. The highest BCUT2D eigenvalue weighted by atomic mass is 16.5. The van der Waals surface area contributed by atoms with Gasteiger partial charge < -0.3 is 40.5 Å². The zero-order valence-electron chi connectivity index (χ0n) is 14.9. The number of carboxylic acid groups (broad SMARTS) is 1. The van der Waals surface area contributed by atoms with E-state index in [1.807, 2.05) is 0 Å². The lowest BCUT2D eigenvalue weighted by Crippen LogP contribution is -2.19. The van der Waals surface area contributed by atoms with Gasteiger partial charge in [0.1, 0.15) is 0 Å². The molecule has 0 aromatic carbocycles. The minimum atomic E-state index is -0.935. The van der Waals surface area contributed by atoms with E-state index in [2.05, 4.69) is 6.58 Å². The number of carboxylic acids is 1. The Balaban J connectivity index is -0.000000117. The first-order valence-electron chi connectivity index (χ1n) is 7.29. The quantitative estimate of drug-likeness (QED) is 0.275. The molecule has 0 amide bonds. The van der Waals surface area contributed by atoms with Gasteiger partial charge in [0.15, 0.2) is 0 Å². The minimum absolute atomic E-state index is 0.00667. The molecule has 0 heterocycles. The van der Waals surface area contributed by atoms with Gasteiger partial charge in [-0.3, -0.25) is 0 Å². The summed E-state index contributed by atoms with van der Waals surface area (Å²) in [4.78, 5) is 9.60. The minimum Gasteiger partial charge on any atom is -0.478 e. The molecule has 0 bridgehead atoms. The summed E-state index contributed by atoms with van der Waals surface area (Å²) in [7, 11) is 0. The number of aliphatic hydroxyl groups is 6. The maximum absolute atomic E-state index is 9.60. The second-order valence-electron chi connectivity index (χ2n) is 4.74. The molecule has 9 nitrogen and oxygen atoms in total. The molecular weight excluding hydrogens is 324 g/mol. The van der Waals surface area contributed by atoms with E-state index in [0.29, 0.717) is 6.61 Å². The number of hydrogen-bond donors (Lipinski definition) is 7. The molecule has 0 aromatic heterocycles. The third-order valence-corrected chi connectivity index (χ3v) is 1.61. The molecule has 0 aliphatic heterocycles. The molecule has 0 spiro atoms. The molecule has 0 aliphatic carbocycles. The fraction of sp³-hybridized carbons (Fsp3) is 0.800. The van der Waals surface area contributed by atoms with Gasteiger partial charge >= 0.3 is 5.97 Å². The summed E-state index contributed by atoms with van der Waals surface area (Å²) in [6.07, 6.45) is -1.17. The van der Waals surface area contributed by atoms with Crippen molar-refractivity contribution in [1.82, 2.24) is 0 Å². The molecule has 3 atom stereocenters. The molecule has 0 saturated heterocycles. The van der Waals surface area contributed by atoms with E-state index in [9.17, 15) is 4.79 Å². The first-order valence-corrected chi connectivity index (χ1v) is 7.29. The molecule has 7 N–H and O–H groups in total. The van der Waals surface area contributed by atoms with Crippen LogP contribution in [-0.4, -0.2) is 93.1 Å². The van der Waals surface area contributed by atoms with Crippen molar-refractivity contribution < 1.29 is 45.3 Å². The zero-order chi connectivity index (χ0) is 20.1. The fourth-order valence-electron chi connectivity index (χ4n) is 0.356. The molecule has 0 aromatic rings. The Kier molecular flexibility index (Phi) is 31.0. The van der Waals surface area contributed by atoms with Crippen LogP contribution in [0.2, 0.25) is 0 Å². The Hall–Kier alpha value is -1.07. The predicted octanol–water partition coefficient (Wildman–Crippen LogP) is -1.26. The van der Waals surface area contributed by atoms with Crippen molar-refractivity contribution >= 4 is 5.97 Å². The van der Waals surface area contributed by atoms with Crippen LogP contribution in [0.1, 0.15) is 27.7 Å². The first-order chi connectivity index (χ1) is 11.0. The second-order valence-corrected chi connectivity index (χ2v) is 4.74. The second kappa shape index (κ2) is 24.2. The normalized spacial score (nSPS) is 12.8. The Morgan fingerprint density at radius 2 is 1.29 bits per heavy atom. The molecule has 0 rings (SSSR count). The average Bonchev–Trinajstić information content (AvgIpc) is 2.53. The lowest BCUT2D eigenvalue weighted by Gasteiger charge is -2.10. The molecule has 9 heteroatoms. The highest BCUT2D eigenvalue weighted by Crippen LogP contribution is 1.90. The van der Waals surface area contributed by atoms with E-state index < -0.39 is 18.2 Å². The van der Waals surface area contributed by atoms with Gasteiger partial charge in [-0.05, 0) is 27.7 Å². The summed E-state index contributed by atoms with van der Waals surface area (Å²) < 4.78 is 4.95. The third-order valence-electron chi connectivity index (χ3n) is 1.61. The summed E-state index contributed by atoms with van der Waals surface area (Å²) >= 11 is 0. The number of aliphatic carboxylic acids is 1. The zero-order valence-corrected chi connectivity index (χ0v) is 14.9. The molecule has 24 heavy (non-hydrogen) atoms. The highest BCUT2D eigenvalue weighted by molar-refractivity contribution is 5.84. The highest BCUT2D eigenvalue weighted by Gasteiger charge is 2.00. The largest absolute Gasteiger partial charge is 0.478 e. The van der Waals surface area contributed by atoms with Crippen molar-refractivity contribution in [1.29, 1.82) is 0 Å². The van der Waals surface area contributed by atoms with Gasteiger partial charge in [-0.1, -0.05) is 6.58 Å². The van der Waals surface area contributed by atoms with Gasteiger partial charge in [-0.2, -0.15) is 0 Å². The Labute approximate surface area is 143 Å². The average molecular weight is 358 g/mol. The predicted molar refractivity (Wildman–Crippen MR) is 89.6 cm³/mol. The molecule has 0 saturated carbocycles. The lowest BCUT2D eigenvalue weighted by atomic mass is 10.4. The van der Waals surface area contributed by atoms with E-state index in [1.165, 1.54) is 13.8 Å². The Bertz CT molecular complexity index is 254. The molecule has 0 aliphatic rings. The lowest BCUT2D eigenvalue weighted by molar-refractivity contribution is -0.132. The molecule has 0 radical (unpaired) electrons. The topological polar surface area (TPSA) is 168 Å². The third kappa shape index (κ3) is 49.7. The molecular formula is C15H34O9. The van der Waals surface area contributed by atoms with Crippen LogP contribution < -0.4 is 0 Å². The van der Waals surface area contributed by atoms with E-state index in [1.54, 1.807) is 13.8 Å². The van der Waals surface area contributed by atoms with Crippen LogP contribution >= 0.6 is 0 Å². The van der Waals surface area contributed by atoms with E-state index in [0.717, 1.165) is 0 Å². The smallest absolute Gasteiger partial charge is 0.330 e. The number of hydrogen-bond acceptors (Lipinski definition) is 8. The number of ether oxygens (including phenoxy) is 1. The van der Waals surface area contributed by atoms with Gasteiger partial charge in [-0.15, -0.1) is 0 Å². The Morgan fingerprint density at radius 3 is 1.42 bits per heavy atom. The summed E-state index contributed by atoms with van der Waals surface area (Å²) in [6.45, 7) is 9.44. The standard InChI is InChI=1S/C6H14O3.C4H6O2.C3H8O2.C2H6O2/c1-5(8)4-9-6(2)3-7;1-3(2)4(5)6;1-3(5)2-4;3-1-2-4/h5-8H,3-4H2,1-2H3;1H2,2H3,(H,5,6);3-5H,2H2,1H3;3-4H,1-2H2. The van der Waals surface area contributed by atoms with Crippen molar-refractivity contribution in [3.05, 3.63) is 12.2 Å². The van der Waals surface area contributed by atoms with Gasteiger partial charge in [0.2, 0.25) is 0 Å². The van der Waals surface area contributed by atoms with Crippen LogP contribution in [0.5, 0.6) is 0 Å².